The van der Waals surface area contributed by atoms with Crippen LogP contribution in [-0.4, -0.2) is 117 Å². The van der Waals surface area contributed by atoms with Crippen LogP contribution >= 0.6 is 0 Å². The summed E-state index contributed by atoms with van der Waals surface area (Å²) in [5.41, 5.74) is 1.16. The smallest absolute Gasteiger partial charge is 0.234 e. The Hall–Kier alpha value is -2.17. The average molecular weight is 423 g/mol. The fraction of sp³-hybridized carbons (Fsp3) is 0.750. The molecule has 1 saturated heterocycles. The Morgan fingerprint density at radius 2 is 2.03 bits per heavy atom. The number of aromatic nitrogens is 2. The Kier molecular flexibility index (Phi) is 10.0. The summed E-state index contributed by atoms with van der Waals surface area (Å²) in [6.45, 7) is 8.43. The quantitative estimate of drug-likeness (QED) is 0.295. The number of carbonyl (C=O) groups is 1. The molecule has 10 heteroatoms. The number of methoxy groups -OCH3 is 1. The summed E-state index contributed by atoms with van der Waals surface area (Å²) < 4.78 is 6.79. The van der Waals surface area contributed by atoms with Crippen LogP contribution in [0, 0.1) is 0 Å². The van der Waals surface area contributed by atoms with E-state index in [2.05, 4.69) is 51.5 Å². The van der Waals surface area contributed by atoms with E-state index in [1.54, 1.807) is 7.11 Å². The number of hydrogen-bond acceptors (Lipinski definition) is 6. The SMILES string of the molecule is CCNC(=NCC(c1cnn(C)c1)N(C)C)N1CCN(CC(=O)NCCOC)CC1. The van der Waals surface area contributed by atoms with Gasteiger partial charge in [0.15, 0.2) is 5.96 Å². The van der Waals surface area contributed by atoms with Gasteiger partial charge in [-0.05, 0) is 21.0 Å². The molecular weight excluding hydrogens is 384 g/mol. The van der Waals surface area contributed by atoms with Crippen LogP contribution in [0.25, 0.3) is 0 Å². The molecule has 1 aliphatic rings. The summed E-state index contributed by atoms with van der Waals surface area (Å²) in [6, 6.07) is 0.171. The summed E-state index contributed by atoms with van der Waals surface area (Å²) in [7, 11) is 7.69. The molecule has 2 rings (SSSR count). The van der Waals surface area contributed by atoms with E-state index in [1.807, 2.05) is 24.1 Å². The van der Waals surface area contributed by atoms with Crippen molar-refractivity contribution < 1.29 is 9.53 Å². The van der Waals surface area contributed by atoms with Gasteiger partial charge in [-0.2, -0.15) is 5.10 Å². The molecule has 170 valence electrons. The lowest BCUT2D eigenvalue weighted by molar-refractivity contribution is -0.122. The molecule has 30 heavy (non-hydrogen) atoms. The van der Waals surface area contributed by atoms with Gasteiger partial charge in [-0.25, -0.2) is 0 Å². The normalized spacial score (nSPS) is 16.7. The number of piperazine rings is 1. The zero-order valence-corrected chi connectivity index (χ0v) is 19.1. The highest BCUT2D eigenvalue weighted by Gasteiger charge is 2.22. The number of likely N-dealkylation sites (N-methyl/N-ethyl adjacent to an activating group) is 1. The van der Waals surface area contributed by atoms with E-state index in [1.165, 1.54) is 0 Å². The van der Waals surface area contributed by atoms with Crippen LogP contribution in [0.4, 0.5) is 0 Å². The van der Waals surface area contributed by atoms with Gasteiger partial charge >= 0.3 is 0 Å². The second kappa shape index (κ2) is 12.5. The van der Waals surface area contributed by atoms with E-state index in [9.17, 15) is 4.79 Å². The van der Waals surface area contributed by atoms with Gasteiger partial charge in [0.2, 0.25) is 5.91 Å². The Bertz CT molecular complexity index is 668. The highest BCUT2D eigenvalue weighted by molar-refractivity contribution is 5.80. The van der Waals surface area contributed by atoms with Crippen LogP contribution in [0.5, 0.6) is 0 Å². The minimum atomic E-state index is 0.0476. The average Bonchev–Trinajstić information content (AvgIpc) is 3.14. The lowest BCUT2D eigenvalue weighted by atomic mass is 10.1. The maximum absolute atomic E-state index is 12.0. The largest absolute Gasteiger partial charge is 0.383 e. The third kappa shape index (κ3) is 7.58. The number of aryl methyl sites for hydroxylation is 1. The zero-order chi connectivity index (χ0) is 21.9. The number of amides is 1. The molecule has 1 unspecified atom stereocenters. The summed E-state index contributed by atoms with van der Waals surface area (Å²) in [5, 5.41) is 10.6. The van der Waals surface area contributed by atoms with Crippen molar-refractivity contribution in [1.82, 2.24) is 35.1 Å². The van der Waals surface area contributed by atoms with Crippen molar-refractivity contribution >= 4 is 11.9 Å². The molecule has 0 aromatic carbocycles. The second-order valence-corrected chi connectivity index (χ2v) is 7.73. The summed E-state index contributed by atoms with van der Waals surface area (Å²) in [4.78, 5) is 23.6. The first-order valence-electron chi connectivity index (χ1n) is 10.6. The van der Waals surface area contributed by atoms with E-state index in [0.717, 1.165) is 44.2 Å². The van der Waals surface area contributed by atoms with Gasteiger partial charge < -0.3 is 25.2 Å². The highest BCUT2D eigenvalue weighted by Crippen LogP contribution is 2.18. The first-order chi connectivity index (χ1) is 14.4. The lowest BCUT2D eigenvalue weighted by Gasteiger charge is -2.36. The third-order valence-electron chi connectivity index (χ3n) is 5.15. The molecule has 1 atom stereocenters. The van der Waals surface area contributed by atoms with Crippen LogP contribution in [0.3, 0.4) is 0 Å². The van der Waals surface area contributed by atoms with Crippen molar-refractivity contribution in [2.24, 2.45) is 12.0 Å². The molecule has 0 spiro atoms. The maximum Gasteiger partial charge on any atom is 0.234 e. The van der Waals surface area contributed by atoms with E-state index in [4.69, 9.17) is 9.73 Å². The molecule has 2 heterocycles. The van der Waals surface area contributed by atoms with E-state index in [-0.39, 0.29) is 11.9 Å². The Balaban J connectivity index is 1.90. The van der Waals surface area contributed by atoms with Crippen molar-refractivity contribution in [2.75, 3.05) is 80.2 Å². The lowest BCUT2D eigenvalue weighted by Crippen LogP contribution is -2.54. The molecule has 0 radical (unpaired) electrons. The number of carbonyl (C=O) groups excluding carboxylic acids is 1. The molecule has 0 bridgehead atoms. The molecule has 0 saturated carbocycles. The number of ether oxygens (including phenoxy) is 1. The molecule has 0 aliphatic carbocycles. The zero-order valence-electron chi connectivity index (χ0n) is 19.1. The number of rotatable bonds is 10. The summed E-state index contributed by atoms with van der Waals surface area (Å²) in [5.74, 6) is 0.976. The van der Waals surface area contributed by atoms with Gasteiger partial charge in [-0.3, -0.25) is 19.4 Å². The van der Waals surface area contributed by atoms with Crippen molar-refractivity contribution in [2.45, 2.75) is 13.0 Å². The van der Waals surface area contributed by atoms with Gasteiger partial charge in [0.1, 0.15) is 0 Å². The Morgan fingerprint density at radius 1 is 1.30 bits per heavy atom. The van der Waals surface area contributed by atoms with Crippen LogP contribution in [-0.2, 0) is 16.6 Å². The Morgan fingerprint density at radius 3 is 2.60 bits per heavy atom. The molecule has 1 aromatic rings. The number of hydrogen-bond donors (Lipinski definition) is 2. The minimum Gasteiger partial charge on any atom is -0.383 e. The number of guanidine groups is 1. The predicted molar refractivity (Wildman–Crippen MR) is 119 cm³/mol. The molecular formula is C20H38N8O2. The van der Waals surface area contributed by atoms with Crippen molar-refractivity contribution in [3.05, 3.63) is 18.0 Å². The van der Waals surface area contributed by atoms with Gasteiger partial charge in [0, 0.05) is 65.2 Å². The van der Waals surface area contributed by atoms with Gasteiger partial charge in [0.25, 0.3) is 0 Å². The van der Waals surface area contributed by atoms with E-state index < -0.39 is 0 Å². The molecule has 1 fully saturated rings. The highest BCUT2D eigenvalue weighted by atomic mass is 16.5. The molecule has 2 N–H and O–H groups in total. The number of nitrogens with zero attached hydrogens (tertiary/aromatic N) is 6. The fourth-order valence-corrected chi connectivity index (χ4v) is 3.45. The molecule has 10 nitrogen and oxygen atoms in total. The first-order valence-corrected chi connectivity index (χ1v) is 10.6. The van der Waals surface area contributed by atoms with Crippen LogP contribution in [0.15, 0.2) is 17.4 Å². The van der Waals surface area contributed by atoms with Crippen molar-refractivity contribution in [3.8, 4) is 0 Å². The van der Waals surface area contributed by atoms with Gasteiger partial charge in [-0.15, -0.1) is 0 Å². The van der Waals surface area contributed by atoms with Crippen LogP contribution in [0.2, 0.25) is 0 Å². The van der Waals surface area contributed by atoms with Gasteiger partial charge in [-0.1, -0.05) is 0 Å². The van der Waals surface area contributed by atoms with Crippen LogP contribution < -0.4 is 10.6 Å². The van der Waals surface area contributed by atoms with Crippen molar-refractivity contribution in [3.63, 3.8) is 0 Å². The maximum atomic E-state index is 12.0. The Labute approximate surface area is 180 Å². The van der Waals surface area contributed by atoms with E-state index >= 15 is 0 Å². The monoisotopic (exact) mass is 422 g/mol. The number of nitrogens with one attached hydrogen (secondary N) is 2. The van der Waals surface area contributed by atoms with Crippen LogP contribution in [0.1, 0.15) is 18.5 Å². The molecule has 1 aliphatic heterocycles. The standard InChI is InChI=1S/C20H38N8O2/c1-6-21-20(23-14-18(25(2)3)17-13-24-26(4)15-17)28-10-8-27(9-11-28)16-19(29)22-7-12-30-5/h13,15,18H,6-12,14,16H2,1-5H3,(H,21,23)(H,22,29). The summed E-state index contributed by atoms with van der Waals surface area (Å²) >= 11 is 0. The molecule has 1 aromatic heterocycles. The fourth-order valence-electron chi connectivity index (χ4n) is 3.45. The predicted octanol–water partition coefficient (Wildman–Crippen LogP) is -0.631. The topological polar surface area (TPSA) is 90.3 Å². The third-order valence-corrected chi connectivity index (χ3v) is 5.15. The summed E-state index contributed by atoms with van der Waals surface area (Å²) in [6.07, 6.45) is 3.95. The van der Waals surface area contributed by atoms with E-state index in [0.29, 0.717) is 26.2 Å². The van der Waals surface area contributed by atoms with Gasteiger partial charge in [0.05, 0.1) is 31.9 Å². The van der Waals surface area contributed by atoms with Crippen molar-refractivity contribution in [1.29, 1.82) is 0 Å². The number of aliphatic imine (C=N–C) groups is 1. The minimum absolute atomic E-state index is 0.0476. The second-order valence-electron chi connectivity index (χ2n) is 7.73. The first kappa shape index (κ1) is 24.1. The molecule has 1 amide bonds.